The lowest BCUT2D eigenvalue weighted by atomic mass is 9.88. The number of carbonyl (C=O) groups is 1. The van der Waals surface area contributed by atoms with Crippen LogP contribution in [0.1, 0.15) is 22.7 Å². The SMILES string of the molecule is O=C(COc1ccccc1)N1CCc2ccccc2[C@H]1c1ccccc1F. The number of ether oxygens (including phenoxy) is 1. The molecule has 4 heteroatoms. The molecule has 1 atom stereocenters. The zero-order valence-corrected chi connectivity index (χ0v) is 14.8. The molecule has 0 saturated heterocycles. The van der Waals surface area contributed by atoms with Gasteiger partial charge in [0, 0.05) is 12.1 Å². The van der Waals surface area contributed by atoms with Gasteiger partial charge in [-0.2, -0.15) is 0 Å². The molecule has 0 bridgehead atoms. The highest BCUT2D eigenvalue weighted by Gasteiger charge is 2.33. The first-order valence-corrected chi connectivity index (χ1v) is 9.03. The topological polar surface area (TPSA) is 29.5 Å². The Balaban J connectivity index is 1.64. The van der Waals surface area contributed by atoms with E-state index in [4.69, 9.17) is 4.74 Å². The number of halogens is 1. The van der Waals surface area contributed by atoms with E-state index in [0.29, 0.717) is 17.9 Å². The molecule has 0 saturated carbocycles. The van der Waals surface area contributed by atoms with Gasteiger partial charge in [-0.1, -0.05) is 60.7 Å². The third-order valence-corrected chi connectivity index (χ3v) is 4.91. The predicted octanol–water partition coefficient (Wildman–Crippen LogP) is 4.38. The van der Waals surface area contributed by atoms with E-state index in [9.17, 15) is 9.18 Å². The standard InChI is InChI=1S/C23H20FNO2/c24-21-13-7-6-12-20(21)23-19-11-5-4-8-17(19)14-15-25(23)22(26)16-27-18-9-2-1-3-10-18/h1-13,23H,14-16H2/t23-/m0/s1. The molecule has 1 aliphatic heterocycles. The summed E-state index contributed by atoms with van der Waals surface area (Å²) >= 11 is 0. The van der Waals surface area contributed by atoms with E-state index in [-0.39, 0.29) is 18.3 Å². The first-order chi connectivity index (χ1) is 13.2. The highest BCUT2D eigenvalue weighted by molar-refractivity contribution is 5.79. The summed E-state index contributed by atoms with van der Waals surface area (Å²) in [6.45, 7) is 0.462. The van der Waals surface area contributed by atoms with E-state index in [1.165, 1.54) is 6.07 Å². The van der Waals surface area contributed by atoms with Gasteiger partial charge in [0.2, 0.25) is 0 Å². The minimum atomic E-state index is -0.442. The van der Waals surface area contributed by atoms with Crippen molar-refractivity contribution in [1.82, 2.24) is 4.90 Å². The second kappa shape index (κ2) is 7.62. The molecule has 136 valence electrons. The number of fused-ring (bicyclic) bond motifs is 1. The Kier molecular flexibility index (Phi) is 4.88. The fourth-order valence-corrected chi connectivity index (χ4v) is 3.61. The average molecular weight is 361 g/mol. The Morgan fingerprint density at radius 2 is 1.59 bits per heavy atom. The molecule has 1 amide bonds. The van der Waals surface area contributed by atoms with Gasteiger partial charge >= 0.3 is 0 Å². The van der Waals surface area contributed by atoms with Crippen molar-refractivity contribution in [3.05, 3.63) is 101 Å². The van der Waals surface area contributed by atoms with Gasteiger partial charge < -0.3 is 9.64 Å². The Hall–Kier alpha value is -3.14. The molecule has 1 aliphatic rings. The molecule has 3 aromatic rings. The highest BCUT2D eigenvalue weighted by Crippen LogP contribution is 2.36. The number of nitrogens with zero attached hydrogens (tertiary/aromatic N) is 1. The molecule has 1 heterocycles. The van der Waals surface area contributed by atoms with Crippen LogP contribution in [0.25, 0.3) is 0 Å². The van der Waals surface area contributed by atoms with E-state index in [1.54, 1.807) is 23.1 Å². The fraction of sp³-hybridized carbons (Fsp3) is 0.174. The van der Waals surface area contributed by atoms with Crippen LogP contribution in [-0.2, 0) is 11.2 Å². The molecule has 0 spiro atoms. The Morgan fingerprint density at radius 3 is 2.37 bits per heavy atom. The first kappa shape index (κ1) is 17.3. The summed E-state index contributed by atoms with van der Waals surface area (Å²) in [4.78, 5) is 14.7. The van der Waals surface area contributed by atoms with Gasteiger partial charge in [0.1, 0.15) is 11.6 Å². The molecule has 4 rings (SSSR count). The van der Waals surface area contributed by atoms with Gasteiger partial charge in [-0.05, 0) is 35.7 Å². The minimum Gasteiger partial charge on any atom is -0.484 e. The third-order valence-electron chi connectivity index (χ3n) is 4.91. The zero-order valence-electron chi connectivity index (χ0n) is 14.8. The van der Waals surface area contributed by atoms with E-state index in [2.05, 4.69) is 0 Å². The predicted molar refractivity (Wildman–Crippen MR) is 102 cm³/mol. The number of benzene rings is 3. The van der Waals surface area contributed by atoms with Crippen LogP contribution < -0.4 is 4.74 Å². The van der Waals surface area contributed by atoms with E-state index < -0.39 is 6.04 Å². The number of rotatable bonds is 4. The van der Waals surface area contributed by atoms with E-state index in [1.807, 2.05) is 54.6 Å². The van der Waals surface area contributed by atoms with E-state index >= 15 is 0 Å². The second-order valence-electron chi connectivity index (χ2n) is 6.56. The van der Waals surface area contributed by atoms with Crippen LogP contribution in [0.4, 0.5) is 4.39 Å². The van der Waals surface area contributed by atoms with Crippen molar-refractivity contribution in [2.24, 2.45) is 0 Å². The van der Waals surface area contributed by atoms with Crippen LogP contribution in [0.2, 0.25) is 0 Å². The van der Waals surface area contributed by atoms with Crippen molar-refractivity contribution >= 4 is 5.91 Å². The molecule has 27 heavy (non-hydrogen) atoms. The smallest absolute Gasteiger partial charge is 0.261 e. The fourth-order valence-electron chi connectivity index (χ4n) is 3.61. The number of hydrogen-bond donors (Lipinski definition) is 0. The minimum absolute atomic E-state index is 0.0723. The molecular weight excluding hydrogens is 341 g/mol. The van der Waals surface area contributed by atoms with Crippen LogP contribution in [0, 0.1) is 5.82 Å². The molecule has 3 aromatic carbocycles. The second-order valence-corrected chi connectivity index (χ2v) is 6.56. The lowest BCUT2D eigenvalue weighted by molar-refractivity contribution is -0.135. The summed E-state index contributed by atoms with van der Waals surface area (Å²) in [7, 11) is 0. The van der Waals surface area contributed by atoms with Crippen LogP contribution in [-0.4, -0.2) is 24.0 Å². The maximum Gasteiger partial charge on any atom is 0.261 e. The summed E-state index contributed by atoms with van der Waals surface area (Å²) < 4.78 is 20.2. The Morgan fingerprint density at radius 1 is 0.926 bits per heavy atom. The van der Waals surface area contributed by atoms with Crippen molar-refractivity contribution in [2.75, 3.05) is 13.2 Å². The summed E-state index contributed by atoms with van der Waals surface area (Å²) in [6.07, 6.45) is 0.748. The number of amides is 1. The van der Waals surface area contributed by atoms with Gasteiger partial charge in [0.15, 0.2) is 6.61 Å². The van der Waals surface area contributed by atoms with Crippen molar-refractivity contribution in [3.63, 3.8) is 0 Å². The third kappa shape index (κ3) is 3.56. The quantitative estimate of drug-likeness (QED) is 0.690. The molecule has 0 fully saturated rings. The molecule has 3 nitrogen and oxygen atoms in total. The van der Waals surface area contributed by atoms with Crippen molar-refractivity contribution < 1.29 is 13.9 Å². The molecule has 0 unspecified atom stereocenters. The lowest BCUT2D eigenvalue weighted by Crippen LogP contribution is -2.43. The van der Waals surface area contributed by atoms with Gasteiger partial charge in [-0.25, -0.2) is 4.39 Å². The monoisotopic (exact) mass is 361 g/mol. The van der Waals surface area contributed by atoms with Crippen LogP contribution in [0.5, 0.6) is 5.75 Å². The van der Waals surface area contributed by atoms with Gasteiger partial charge in [-0.3, -0.25) is 4.79 Å². The van der Waals surface area contributed by atoms with E-state index in [0.717, 1.165) is 17.5 Å². The van der Waals surface area contributed by atoms with Crippen molar-refractivity contribution in [2.45, 2.75) is 12.5 Å². The average Bonchev–Trinajstić information content (AvgIpc) is 2.72. The van der Waals surface area contributed by atoms with Crippen LogP contribution in [0.15, 0.2) is 78.9 Å². The number of para-hydroxylation sites is 1. The molecule has 0 aliphatic carbocycles. The normalized spacial score (nSPS) is 15.9. The lowest BCUT2D eigenvalue weighted by Gasteiger charge is -2.37. The Bertz CT molecular complexity index is 942. The summed E-state index contributed by atoms with van der Waals surface area (Å²) in [6, 6.07) is 23.4. The first-order valence-electron chi connectivity index (χ1n) is 9.03. The largest absolute Gasteiger partial charge is 0.484 e. The van der Waals surface area contributed by atoms with Gasteiger partial charge in [0.25, 0.3) is 5.91 Å². The summed E-state index contributed by atoms with van der Waals surface area (Å²) in [5, 5.41) is 0. The maximum atomic E-state index is 14.6. The van der Waals surface area contributed by atoms with Crippen molar-refractivity contribution in [1.29, 1.82) is 0 Å². The van der Waals surface area contributed by atoms with Gasteiger partial charge in [-0.15, -0.1) is 0 Å². The summed E-state index contributed by atoms with van der Waals surface area (Å²) in [5.41, 5.74) is 2.64. The maximum absolute atomic E-state index is 14.6. The Labute approximate surface area is 158 Å². The van der Waals surface area contributed by atoms with Gasteiger partial charge in [0.05, 0.1) is 6.04 Å². The number of hydrogen-bond acceptors (Lipinski definition) is 2. The van der Waals surface area contributed by atoms with Crippen LogP contribution >= 0.6 is 0 Å². The molecular formula is C23H20FNO2. The van der Waals surface area contributed by atoms with Crippen molar-refractivity contribution in [3.8, 4) is 5.75 Å². The zero-order chi connectivity index (χ0) is 18.6. The van der Waals surface area contributed by atoms with Crippen LogP contribution in [0.3, 0.4) is 0 Å². The highest BCUT2D eigenvalue weighted by atomic mass is 19.1. The number of carbonyl (C=O) groups excluding carboxylic acids is 1. The molecule has 0 radical (unpaired) electrons. The molecule has 0 aromatic heterocycles. The molecule has 0 N–H and O–H groups in total. The summed E-state index contributed by atoms with van der Waals surface area (Å²) in [5.74, 6) is 0.188.